The first-order valence-corrected chi connectivity index (χ1v) is 6.99. The summed E-state index contributed by atoms with van der Waals surface area (Å²) >= 11 is 0. The number of hydrogen-bond donors (Lipinski definition) is 1. The van der Waals surface area contributed by atoms with Gasteiger partial charge in [0.25, 0.3) is 0 Å². The van der Waals surface area contributed by atoms with Crippen molar-refractivity contribution in [3.05, 3.63) is 29.3 Å². The van der Waals surface area contributed by atoms with Gasteiger partial charge in [0.05, 0.1) is 13.2 Å². The summed E-state index contributed by atoms with van der Waals surface area (Å²) in [5.41, 5.74) is 1.60. The summed E-state index contributed by atoms with van der Waals surface area (Å²) < 4.78 is 10.9. The van der Waals surface area contributed by atoms with E-state index in [0.717, 1.165) is 11.3 Å². The molecule has 0 radical (unpaired) electrons. The molecule has 1 atom stereocenters. The highest BCUT2D eigenvalue weighted by molar-refractivity contribution is 5.80. The first kappa shape index (κ1) is 16.5. The summed E-state index contributed by atoms with van der Waals surface area (Å²) in [5.74, 6) is 0.615. The second-order valence-electron chi connectivity index (χ2n) is 5.17. The smallest absolute Gasteiger partial charge is 0.326 e. The molecule has 0 aliphatic carbocycles. The zero-order valence-electron chi connectivity index (χ0n) is 13.1. The van der Waals surface area contributed by atoms with Crippen molar-refractivity contribution in [2.75, 3.05) is 20.3 Å². The fourth-order valence-electron chi connectivity index (χ4n) is 1.95. The molecule has 4 heteroatoms. The van der Waals surface area contributed by atoms with Crippen molar-refractivity contribution < 1.29 is 14.3 Å². The molecule has 1 N–H and O–H groups in total. The number of aryl methyl sites for hydroxylation is 2. The number of carbonyl (C=O) groups excluding carboxylic acids is 1. The SMILES string of the molecule is CCOC(=O)C(C)(CCOc1ccc(C)cc1C)NC. The minimum atomic E-state index is -0.714. The monoisotopic (exact) mass is 279 g/mol. The maximum absolute atomic E-state index is 11.9. The van der Waals surface area contributed by atoms with Crippen molar-refractivity contribution >= 4 is 5.97 Å². The first-order chi connectivity index (χ1) is 9.42. The van der Waals surface area contributed by atoms with E-state index in [1.54, 1.807) is 14.0 Å². The van der Waals surface area contributed by atoms with E-state index in [1.165, 1.54) is 5.56 Å². The molecule has 20 heavy (non-hydrogen) atoms. The predicted molar refractivity (Wildman–Crippen MR) is 80.1 cm³/mol. The highest BCUT2D eigenvalue weighted by Gasteiger charge is 2.32. The van der Waals surface area contributed by atoms with Crippen LogP contribution in [0.15, 0.2) is 18.2 Å². The van der Waals surface area contributed by atoms with Crippen LogP contribution >= 0.6 is 0 Å². The Kier molecular flexibility index (Phi) is 6.02. The van der Waals surface area contributed by atoms with Gasteiger partial charge in [0.2, 0.25) is 0 Å². The summed E-state index contributed by atoms with van der Waals surface area (Å²) in [6, 6.07) is 6.06. The zero-order chi connectivity index (χ0) is 15.2. The number of nitrogens with one attached hydrogen (secondary N) is 1. The Balaban J connectivity index is 2.59. The lowest BCUT2D eigenvalue weighted by Gasteiger charge is -2.26. The maximum Gasteiger partial charge on any atom is 0.326 e. The highest BCUT2D eigenvalue weighted by Crippen LogP contribution is 2.20. The number of likely N-dealkylation sites (N-methyl/N-ethyl adjacent to an activating group) is 1. The second-order valence-corrected chi connectivity index (χ2v) is 5.17. The van der Waals surface area contributed by atoms with Gasteiger partial charge in [-0.25, -0.2) is 0 Å². The van der Waals surface area contributed by atoms with E-state index in [2.05, 4.69) is 18.3 Å². The number of benzene rings is 1. The highest BCUT2D eigenvalue weighted by atomic mass is 16.5. The van der Waals surface area contributed by atoms with Crippen LogP contribution in [-0.4, -0.2) is 31.8 Å². The number of carbonyl (C=O) groups is 1. The number of hydrogen-bond acceptors (Lipinski definition) is 4. The molecule has 0 heterocycles. The van der Waals surface area contributed by atoms with E-state index in [-0.39, 0.29) is 5.97 Å². The molecule has 0 aliphatic rings. The fraction of sp³-hybridized carbons (Fsp3) is 0.562. The fourth-order valence-corrected chi connectivity index (χ4v) is 1.95. The van der Waals surface area contributed by atoms with Crippen molar-refractivity contribution in [2.24, 2.45) is 0 Å². The maximum atomic E-state index is 11.9. The lowest BCUT2D eigenvalue weighted by atomic mass is 9.99. The molecule has 0 aromatic heterocycles. The molecular weight excluding hydrogens is 254 g/mol. The topological polar surface area (TPSA) is 47.6 Å². The molecule has 1 unspecified atom stereocenters. The third-order valence-corrected chi connectivity index (χ3v) is 3.47. The van der Waals surface area contributed by atoms with Crippen LogP contribution in [-0.2, 0) is 9.53 Å². The number of ether oxygens (including phenoxy) is 2. The zero-order valence-corrected chi connectivity index (χ0v) is 13.1. The Hall–Kier alpha value is -1.55. The van der Waals surface area contributed by atoms with Crippen LogP contribution in [0.4, 0.5) is 0 Å². The number of rotatable bonds is 7. The van der Waals surface area contributed by atoms with Gasteiger partial charge in [0.15, 0.2) is 0 Å². The lowest BCUT2D eigenvalue weighted by Crippen LogP contribution is -2.49. The van der Waals surface area contributed by atoms with Crippen LogP contribution in [0.1, 0.15) is 31.4 Å². The molecule has 0 fully saturated rings. The molecule has 4 nitrogen and oxygen atoms in total. The molecule has 0 saturated carbocycles. The normalized spacial score (nSPS) is 13.7. The van der Waals surface area contributed by atoms with E-state index in [0.29, 0.717) is 19.6 Å². The van der Waals surface area contributed by atoms with Gasteiger partial charge < -0.3 is 14.8 Å². The van der Waals surface area contributed by atoms with Gasteiger partial charge in [-0.1, -0.05) is 17.7 Å². The Morgan fingerprint density at radius 1 is 1.35 bits per heavy atom. The largest absolute Gasteiger partial charge is 0.493 e. The molecule has 1 aromatic rings. The predicted octanol–water partition coefficient (Wildman–Crippen LogP) is 2.61. The molecule has 0 saturated heterocycles. The van der Waals surface area contributed by atoms with Gasteiger partial charge in [-0.3, -0.25) is 4.79 Å². The molecule has 1 rings (SSSR count). The molecule has 0 amide bonds. The van der Waals surface area contributed by atoms with Gasteiger partial charge in [0.1, 0.15) is 11.3 Å². The summed E-state index contributed by atoms with van der Waals surface area (Å²) in [4.78, 5) is 11.9. The standard InChI is InChI=1S/C16H25NO3/c1-6-19-15(18)16(4,17-5)9-10-20-14-8-7-12(2)11-13(14)3/h7-8,11,17H,6,9-10H2,1-5H3. The van der Waals surface area contributed by atoms with Crippen molar-refractivity contribution in [3.63, 3.8) is 0 Å². The van der Waals surface area contributed by atoms with Crippen LogP contribution in [0.2, 0.25) is 0 Å². The Morgan fingerprint density at radius 2 is 2.05 bits per heavy atom. The van der Waals surface area contributed by atoms with Gasteiger partial charge >= 0.3 is 5.97 Å². The first-order valence-electron chi connectivity index (χ1n) is 6.99. The van der Waals surface area contributed by atoms with Crippen molar-refractivity contribution in [1.29, 1.82) is 0 Å². The van der Waals surface area contributed by atoms with E-state index in [4.69, 9.17) is 9.47 Å². The van der Waals surface area contributed by atoms with Crippen LogP contribution in [0.25, 0.3) is 0 Å². The third kappa shape index (κ3) is 4.23. The minimum Gasteiger partial charge on any atom is -0.493 e. The van der Waals surface area contributed by atoms with Crippen LogP contribution in [0.3, 0.4) is 0 Å². The summed E-state index contributed by atoms with van der Waals surface area (Å²) in [7, 11) is 1.76. The molecule has 0 bridgehead atoms. The molecular formula is C16H25NO3. The molecule has 1 aromatic carbocycles. The van der Waals surface area contributed by atoms with Crippen LogP contribution < -0.4 is 10.1 Å². The van der Waals surface area contributed by atoms with Gasteiger partial charge in [-0.2, -0.15) is 0 Å². The number of esters is 1. The Morgan fingerprint density at radius 3 is 2.60 bits per heavy atom. The van der Waals surface area contributed by atoms with Crippen molar-refractivity contribution in [2.45, 2.75) is 39.7 Å². The minimum absolute atomic E-state index is 0.244. The second kappa shape index (κ2) is 7.29. The van der Waals surface area contributed by atoms with Gasteiger partial charge in [-0.15, -0.1) is 0 Å². The summed E-state index contributed by atoms with van der Waals surface area (Å²) in [6.07, 6.45) is 0.551. The third-order valence-electron chi connectivity index (χ3n) is 3.47. The van der Waals surface area contributed by atoms with Crippen molar-refractivity contribution in [3.8, 4) is 5.75 Å². The van der Waals surface area contributed by atoms with E-state index >= 15 is 0 Å². The van der Waals surface area contributed by atoms with E-state index in [1.807, 2.05) is 26.0 Å². The van der Waals surface area contributed by atoms with E-state index < -0.39 is 5.54 Å². The molecule has 112 valence electrons. The van der Waals surface area contributed by atoms with Gasteiger partial charge in [-0.05, 0) is 46.4 Å². The van der Waals surface area contributed by atoms with Crippen LogP contribution in [0, 0.1) is 13.8 Å². The Labute approximate surface area is 121 Å². The summed E-state index contributed by atoms with van der Waals surface area (Å²) in [5, 5.41) is 3.02. The average Bonchev–Trinajstić information content (AvgIpc) is 2.41. The van der Waals surface area contributed by atoms with E-state index in [9.17, 15) is 4.79 Å². The van der Waals surface area contributed by atoms with Crippen molar-refractivity contribution in [1.82, 2.24) is 5.32 Å². The molecule has 0 aliphatic heterocycles. The Bertz CT molecular complexity index is 459. The molecule has 0 spiro atoms. The summed E-state index contributed by atoms with van der Waals surface area (Å²) in [6.45, 7) is 8.55. The average molecular weight is 279 g/mol. The quantitative estimate of drug-likeness (QED) is 0.779. The lowest BCUT2D eigenvalue weighted by molar-refractivity contribution is -0.150. The van der Waals surface area contributed by atoms with Gasteiger partial charge in [0, 0.05) is 6.42 Å². The van der Waals surface area contributed by atoms with Crippen LogP contribution in [0.5, 0.6) is 5.75 Å².